The summed E-state index contributed by atoms with van der Waals surface area (Å²) in [5.74, 6) is 1.73. The molecule has 1 aromatic carbocycles. The summed E-state index contributed by atoms with van der Waals surface area (Å²) < 4.78 is 5.65. The molecule has 1 heterocycles. The average Bonchev–Trinajstić information content (AvgIpc) is 2.62. The topological polar surface area (TPSA) is 44.8 Å². The summed E-state index contributed by atoms with van der Waals surface area (Å²) in [5, 5.41) is 3.90. The van der Waals surface area contributed by atoms with E-state index < -0.39 is 0 Å². The quantitative estimate of drug-likeness (QED) is 0.688. The molecular formula is C19H31Cl2N3O2. The van der Waals surface area contributed by atoms with Crippen LogP contribution in [0, 0.1) is 5.92 Å². The van der Waals surface area contributed by atoms with E-state index in [0.29, 0.717) is 24.7 Å². The van der Waals surface area contributed by atoms with Crippen LogP contribution in [0.5, 0.6) is 5.75 Å². The van der Waals surface area contributed by atoms with Gasteiger partial charge in [-0.25, -0.2) is 0 Å². The molecule has 0 radical (unpaired) electrons. The summed E-state index contributed by atoms with van der Waals surface area (Å²) in [6.07, 6.45) is 3.62. The Kier molecular flexibility index (Phi) is 11.0. The first-order chi connectivity index (χ1) is 12.1. The minimum absolute atomic E-state index is 0. The third-order valence-electron chi connectivity index (χ3n) is 4.80. The number of hydrogen-bond acceptors (Lipinski definition) is 4. The van der Waals surface area contributed by atoms with Gasteiger partial charge in [0.05, 0.1) is 13.1 Å². The Morgan fingerprint density at radius 1 is 1.31 bits per heavy atom. The SMILES string of the molecule is CNCCC1CCN(CC(=O)N(C)CCOc2ccc(Cl)cc2)CC1.Cl. The third kappa shape index (κ3) is 8.12. The molecule has 1 aliphatic heterocycles. The van der Waals surface area contributed by atoms with Gasteiger partial charge < -0.3 is 15.0 Å². The number of hydrogen-bond donors (Lipinski definition) is 1. The lowest BCUT2D eigenvalue weighted by Gasteiger charge is -2.32. The summed E-state index contributed by atoms with van der Waals surface area (Å²) in [4.78, 5) is 16.4. The van der Waals surface area contributed by atoms with E-state index >= 15 is 0 Å². The molecule has 26 heavy (non-hydrogen) atoms. The van der Waals surface area contributed by atoms with Crippen LogP contribution in [0.15, 0.2) is 24.3 Å². The normalized spacial score (nSPS) is 15.3. The molecule has 0 aromatic heterocycles. The lowest BCUT2D eigenvalue weighted by atomic mass is 9.93. The van der Waals surface area contributed by atoms with Crippen LogP contribution in [0.4, 0.5) is 0 Å². The van der Waals surface area contributed by atoms with Gasteiger partial charge in [-0.15, -0.1) is 12.4 Å². The van der Waals surface area contributed by atoms with Crippen molar-refractivity contribution in [3.05, 3.63) is 29.3 Å². The van der Waals surface area contributed by atoms with Crippen molar-refractivity contribution in [1.82, 2.24) is 15.1 Å². The van der Waals surface area contributed by atoms with Crippen LogP contribution in [-0.4, -0.2) is 69.1 Å². The van der Waals surface area contributed by atoms with Gasteiger partial charge in [0.1, 0.15) is 12.4 Å². The second kappa shape index (κ2) is 12.4. The number of rotatable bonds is 9. The molecule has 1 amide bonds. The van der Waals surface area contributed by atoms with Gasteiger partial charge in [0.15, 0.2) is 0 Å². The first-order valence-corrected chi connectivity index (χ1v) is 9.45. The zero-order valence-corrected chi connectivity index (χ0v) is 17.3. The first kappa shape index (κ1) is 23.0. The van der Waals surface area contributed by atoms with Gasteiger partial charge in [0, 0.05) is 12.1 Å². The van der Waals surface area contributed by atoms with Gasteiger partial charge in [0.2, 0.25) is 5.91 Å². The van der Waals surface area contributed by atoms with E-state index in [1.807, 2.05) is 26.2 Å². The predicted molar refractivity (Wildman–Crippen MR) is 110 cm³/mol. The lowest BCUT2D eigenvalue weighted by Crippen LogP contribution is -2.43. The molecular weight excluding hydrogens is 373 g/mol. The molecule has 1 aromatic rings. The zero-order valence-electron chi connectivity index (χ0n) is 15.7. The number of carbonyl (C=O) groups excluding carboxylic acids is 1. The van der Waals surface area contributed by atoms with E-state index in [1.54, 1.807) is 17.0 Å². The van der Waals surface area contributed by atoms with Crippen LogP contribution in [0.2, 0.25) is 5.02 Å². The van der Waals surface area contributed by atoms with Crippen LogP contribution in [-0.2, 0) is 4.79 Å². The van der Waals surface area contributed by atoms with Gasteiger partial charge in [-0.05, 0) is 76.1 Å². The Hall–Kier alpha value is -1.01. The van der Waals surface area contributed by atoms with Crippen LogP contribution in [0.3, 0.4) is 0 Å². The minimum atomic E-state index is 0. The molecule has 0 aliphatic carbocycles. The molecule has 0 spiro atoms. The van der Waals surface area contributed by atoms with Crippen molar-refractivity contribution in [2.24, 2.45) is 5.92 Å². The predicted octanol–water partition coefficient (Wildman–Crippen LogP) is 2.92. The minimum Gasteiger partial charge on any atom is -0.492 e. The highest BCUT2D eigenvalue weighted by Crippen LogP contribution is 2.20. The van der Waals surface area contributed by atoms with E-state index in [1.165, 1.54) is 19.3 Å². The Bertz CT molecular complexity index is 520. The summed E-state index contributed by atoms with van der Waals surface area (Å²) in [6, 6.07) is 7.27. The summed E-state index contributed by atoms with van der Waals surface area (Å²) in [6.45, 7) is 4.71. The molecule has 7 heteroatoms. The van der Waals surface area contributed by atoms with Gasteiger partial charge in [0.25, 0.3) is 0 Å². The summed E-state index contributed by atoms with van der Waals surface area (Å²) in [5.41, 5.74) is 0. The van der Waals surface area contributed by atoms with Gasteiger partial charge in [-0.2, -0.15) is 0 Å². The number of carbonyl (C=O) groups is 1. The van der Waals surface area contributed by atoms with Crippen molar-refractivity contribution < 1.29 is 9.53 Å². The first-order valence-electron chi connectivity index (χ1n) is 9.07. The number of nitrogens with zero attached hydrogens (tertiary/aromatic N) is 2. The Balaban J connectivity index is 0.00000338. The van der Waals surface area contributed by atoms with E-state index in [9.17, 15) is 4.79 Å². The highest BCUT2D eigenvalue weighted by molar-refractivity contribution is 6.30. The fourth-order valence-corrected chi connectivity index (χ4v) is 3.18. The number of amides is 1. The van der Waals surface area contributed by atoms with Crippen molar-refractivity contribution in [1.29, 1.82) is 0 Å². The average molecular weight is 404 g/mol. The fourth-order valence-electron chi connectivity index (χ4n) is 3.05. The van der Waals surface area contributed by atoms with Crippen LogP contribution < -0.4 is 10.1 Å². The molecule has 0 unspecified atom stereocenters. The van der Waals surface area contributed by atoms with Crippen molar-refractivity contribution in [2.45, 2.75) is 19.3 Å². The third-order valence-corrected chi connectivity index (χ3v) is 5.06. The number of halogens is 2. The Morgan fingerprint density at radius 3 is 2.58 bits per heavy atom. The molecule has 0 bridgehead atoms. The van der Waals surface area contributed by atoms with Crippen molar-refractivity contribution in [3.63, 3.8) is 0 Å². The smallest absolute Gasteiger partial charge is 0.236 e. The lowest BCUT2D eigenvalue weighted by molar-refractivity contribution is -0.131. The van der Waals surface area contributed by atoms with Crippen molar-refractivity contribution >= 4 is 29.9 Å². The fraction of sp³-hybridized carbons (Fsp3) is 0.632. The maximum Gasteiger partial charge on any atom is 0.236 e. The van der Waals surface area contributed by atoms with Gasteiger partial charge in [-0.3, -0.25) is 9.69 Å². The monoisotopic (exact) mass is 403 g/mol. The molecule has 2 rings (SSSR count). The molecule has 1 fully saturated rings. The van der Waals surface area contributed by atoms with Crippen LogP contribution in [0.1, 0.15) is 19.3 Å². The number of benzene rings is 1. The maximum atomic E-state index is 12.4. The van der Waals surface area contributed by atoms with E-state index in [2.05, 4.69) is 10.2 Å². The number of piperidine rings is 1. The molecule has 148 valence electrons. The zero-order chi connectivity index (χ0) is 18.1. The van der Waals surface area contributed by atoms with Gasteiger partial charge in [-0.1, -0.05) is 11.6 Å². The van der Waals surface area contributed by atoms with Crippen LogP contribution >= 0.6 is 24.0 Å². The largest absolute Gasteiger partial charge is 0.492 e. The van der Waals surface area contributed by atoms with E-state index in [-0.39, 0.29) is 18.3 Å². The van der Waals surface area contributed by atoms with Crippen molar-refractivity contribution in [2.75, 3.05) is 53.4 Å². The number of likely N-dealkylation sites (tertiary alicyclic amines) is 1. The standard InChI is InChI=1S/C19H30ClN3O2.ClH/c1-21-10-7-16-8-11-23(12-9-16)15-19(24)22(2)13-14-25-18-5-3-17(20)4-6-18;/h3-6,16,21H,7-15H2,1-2H3;1H. The molecule has 1 saturated heterocycles. The summed E-state index contributed by atoms with van der Waals surface area (Å²) >= 11 is 5.85. The second-order valence-corrected chi connectivity index (χ2v) is 7.17. The van der Waals surface area contributed by atoms with E-state index in [4.69, 9.17) is 16.3 Å². The second-order valence-electron chi connectivity index (χ2n) is 6.73. The molecule has 0 atom stereocenters. The highest BCUT2D eigenvalue weighted by atomic mass is 35.5. The molecule has 0 saturated carbocycles. The molecule has 1 N–H and O–H groups in total. The number of ether oxygens (including phenoxy) is 1. The van der Waals surface area contributed by atoms with Crippen molar-refractivity contribution in [3.8, 4) is 5.75 Å². The van der Waals surface area contributed by atoms with Gasteiger partial charge >= 0.3 is 0 Å². The molecule has 5 nitrogen and oxygen atoms in total. The summed E-state index contributed by atoms with van der Waals surface area (Å²) in [7, 11) is 3.84. The van der Waals surface area contributed by atoms with Crippen LogP contribution in [0.25, 0.3) is 0 Å². The van der Waals surface area contributed by atoms with E-state index in [0.717, 1.165) is 31.3 Å². The number of likely N-dealkylation sites (N-methyl/N-ethyl adjacent to an activating group) is 1. The Morgan fingerprint density at radius 2 is 1.96 bits per heavy atom. The molecule has 1 aliphatic rings. The maximum absolute atomic E-state index is 12.4. The highest BCUT2D eigenvalue weighted by Gasteiger charge is 2.21. The number of nitrogens with one attached hydrogen (secondary N) is 1. The Labute approximate surface area is 168 Å².